The highest BCUT2D eigenvalue weighted by Gasteiger charge is 2.29. The van der Waals surface area contributed by atoms with Crippen LogP contribution in [0.2, 0.25) is 0 Å². The first-order chi connectivity index (χ1) is 14.6. The number of carbonyl (C=O) groups excluding carboxylic acids is 1. The molecule has 6 atom stereocenters. The summed E-state index contributed by atoms with van der Waals surface area (Å²) in [5.74, 6) is -4.39. The Bertz CT molecular complexity index is 553. The van der Waals surface area contributed by atoms with Gasteiger partial charge in [-0.1, -0.05) is 0 Å². The van der Waals surface area contributed by atoms with Gasteiger partial charge in [-0.3, -0.25) is 19.2 Å². The van der Waals surface area contributed by atoms with Crippen molar-refractivity contribution in [3.63, 3.8) is 0 Å². The van der Waals surface area contributed by atoms with Crippen molar-refractivity contribution < 1.29 is 69.9 Å². The molecule has 0 aromatic carbocycles. The topological polar surface area (TPSA) is 319 Å². The van der Waals surface area contributed by atoms with Crippen molar-refractivity contribution in [2.75, 3.05) is 6.61 Å². The largest absolute Gasteiger partial charge is 0.481 e. The average molecular weight is 474 g/mol. The minimum atomic E-state index is -1.79. The van der Waals surface area contributed by atoms with Gasteiger partial charge in [0.2, 0.25) is 0 Å². The maximum absolute atomic E-state index is 9.99. The van der Waals surface area contributed by atoms with Gasteiger partial charge in [-0.05, 0) is 12.8 Å². The normalized spacial score (nSPS) is 15.7. The summed E-state index contributed by atoms with van der Waals surface area (Å²) >= 11 is 0. The van der Waals surface area contributed by atoms with E-state index in [4.69, 9.17) is 57.4 Å². The smallest absolute Gasteiger partial charge is 0.320 e. The van der Waals surface area contributed by atoms with Gasteiger partial charge >= 0.3 is 23.9 Å². The standard InChI is InChI=1S/C6H12O6.2C5H9NO4/c7-1-3(9)5(11)6(12)4(10)2-8;2*6-3(5(9)10)1-2-4(7)8/h1,3-6,8-12H,2H2;2*3H,1-2,6H2,(H,7,8)(H,9,10)/t3-,4+,5+,6+;2*3-/m000/s1. The molecule has 0 aromatic rings. The van der Waals surface area contributed by atoms with E-state index in [9.17, 15) is 24.0 Å². The van der Waals surface area contributed by atoms with Crippen LogP contribution in [-0.4, -0.2) is 119 Å². The fourth-order valence-corrected chi connectivity index (χ4v) is 1.42. The molecule has 0 saturated heterocycles. The minimum Gasteiger partial charge on any atom is -0.481 e. The van der Waals surface area contributed by atoms with Crippen LogP contribution >= 0.6 is 0 Å². The van der Waals surface area contributed by atoms with E-state index in [2.05, 4.69) is 0 Å². The molecule has 0 aliphatic carbocycles. The van der Waals surface area contributed by atoms with Crippen LogP contribution in [-0.2, 0) is 24.0 Å². The van der Waals surface area contributed by atoms with E-state index in [0.29, 0.717) is 0 Å². The lowest BCUT2D eigenvalue weighted by atomic mass is 10.0. The van der Waals surface area contributed by atoms with Crippen molar-refractivity contribution in [3.05, 3.63) is 0 Å². The van der Waals surface area contributed by atoms with Gasteiger partial charge in [-0.2, -0.15) is 0 Å². The van der Waals surface area contributed by atoms with Crippen molar-refractivity contribution in [1.29, 1.82) is 0 Å². The van der Waals surface area contributed by atoms with Gasteiger partial charge in [0.25, 0.3) is 0 Å². The summed E-state index contributed by atoms with van der Waals surface area (Å²) in [7, 11) is 0. The number of carbonyl (C=O) groups is 5. The first-order valence-corrected chi connectivity index (χ1v) is 8.80. The van der Waals surface area contributed by atoms with E-state index >= 15 is 0 Å². The molecule has 0 aliphatic heterocycles. The maximum Gasteiger partial charge on any atom is 0.320 e. The predicted molar refractivity (Wildman–Crippen MR) is 102 cm³/mol. The highest BCUT2D eigenvalue weighted by atomic mass is 16.4. The summed E-state index contributed by atoms with van der Waals surface area (Å²) in [4.78, 5) is 49.6. The summed E-state index contributed by atoms with van der Waals surface area (Å²) in [5.41, 5.74) is 10.0. The lowest BCUT2D eigenvalue weighted by Gasteiger charge is -2.22. The molecule has 0 rings (SSSR count). The summed E-state index contributed by atoms with van der Waals surface area (Å²) in [6.07, 6.45) is -7.29. The molecule has 0 radical (unpaired) electrons. The van der Waals surface area contributed by atoms with Gasteiger partial charge in [0.1, 0.15) is 36.5 Å². The SMILES string of the molecule is N[C@@H](CCC(=O)O)C(=O)O.N[C@@H](CCC(=O)O)C(=O)O.O=C[C@H](O)[C@@H](O)[C@H](O)[C@H](O)CO. The van der Waals surface area contributed by atoms with E-state index in [1.54, 1.807) is 0 Å². The Kier molecular flexibility index (Phi) is 20.1. The zero-order valence-corrected chi connectivity index (χ0v) is 16.8. The first kappa shape index (κ1) is 33.9. The van der Waals surface area contributed by atoms with Crippen LogP contribution in [0.25, 0.3) is 0 Å². The second kappa shape index (κ2) is 19.0. The Balaban J connectivity index is -0.000000397. The molecule has 0 fully saturated rings. The quantitative estimate of drug-likeness (QED) is 0.111. The molecule has 0 heterocycles. The summed E-state index contributed by atoms with van der Waals surface area (Å²) < 4.78 is 0. The molecule has 0 spiro atoms. The molecule has 0 aliphatic rings. The molecule has 13 N–H and O–H groups in total. The summed E-state index contributed by atoms with van der Waals surface area (Å²) in [6.45, 7) is -0.760. The number of aliphatic hydroxyl groups is 5. The van der Waals surface area contributed by atoms with E-state index in [1.807, 2.05) is 0 Å². The summed E-state index contributed by atoms with van der Waals surface area (Å²) in [5, 5.41) is 76.1. The van der Waals surface area contributed by atoms with Gasteiger partial charge < -0.3 is 62.2 Å². The molecule has 0 unspecified atom stereocenters. The van der Waals surface area contributed by atoms with Gasteiger partial charge in [0.15, 0.2) is 6.29 Å². The predicted octanol–water partition coefficient (Wildman–Crippen LogP) is -4.85. The van der Waals surface area contributed by atoms with Crippen LogP contribution in [0.3, 0.4) is 0 Å². The van der Waals surface area contributed by atoms with Crippen molar-refractivity contribution in [3.8, 4) is 0 Å². The van der Waals surface area contributed by atoms with Crippen LogP contribution in [0.15, 0.2) is 0 Å². The van der Waals surface area contributed by atoms with Crippen molar-refractivity contribution in [2.24, 2.45) is 11.5 Å². The van der Waals surface area contributed by atoms with Crippen molar-refractivity contribution in [1.82, 2.24) is 0 Å². The van der Waals surface area contributed by atoms with Gasteiger partial charge in [-0.15, -0.1) is 0 Å². The number of hydrogen-bond acceptors (Lipinski definition) is 12. The van der Waals surface area contributed by atoms with Crippen molar-refractivity contribution >= 4 is 30.2 Å². The number of hydrogen-bond donors (Lipinski definition) is 11. The van der Waals surface area contributed by atoms with Crippen LogP contribution < -0.4 is 11.5 Å². The molecule has 0 saturated carbocycles. The van der Waals surface area contributed by atoms with E-state index < -0.39 is 67.0 Å². The number of carboxylic acids is 4. The Hall–Kier alpha value is -2.73. The Morgan fingerprint density at radius 2 is 1.06 bits per heavy atom. The molecule has 16 nitrogen and oxygen atoms in total. The summed E-state index contributed by atoms with van der Waals surface area (Å²) in [6, 6.07) is -2.12. The number of aldehydes is 1. The average Bonchev–Trinajstić information content (AvgIpc) is 2.73. The fourth-order valence-electron chi connectivity index (χ4n) is 1.42. The Labute approximate surface area is 181 Å². The second-order valence-corrected chi connectivity index (χ2v) is 6.11. The van der Waals surface area contributed by atoms with E-state index in [1.165, 1.54) is 0 Å². The third-order valence-corrected chi connectivity index (χ3v) is 3.39. The number of aliphatic hydroxyl groups excluding tert-OH is 5. The second-order valence-electron chi connectivity index (χ2n) is 6.11. The number of rotatable bonds is 13. The fraction of sp³-hybridized carbons (Fsp3) is 0.688. The number of aliphatic carboxylic acids is 4. The molecule has 32 heavy (non-hydrogen) atoms. The molecular weight excluding hydrogens is 444 g/mol. The third kappa shape index (κ3) is 19.2. The van der Waals surface area contributed by atoms with Crippen LogP contribution in [0.5, 0.6) is 0 Å². The Morgan fingerprint density at radius 3 is 1.28 bits per heavy atom. The number of carboxylic acid groups (broad SMARTS) is 4. The van der Waals surface area contributed by atoms with Crippen LogP contribution in [0.1, 0.15) is 25.7 Å². The Morgan fingerprint density at radius 1 is 0.719 bits per heavy atom. The maximum atomic E-state index is 9.99. The van der Waals surface area contributed by atoms with E-state index in [-0.39, 0.29) is 32.0 Å². The molecule has 188 valence electrons. The van der Waals surface area contributed by atoms with Gasteiger partial charge in [-0.25, -0.2) is 0 Å². The third-order valence-electron chi connectivity index (χ3n) is 3.39. The molecule has 0 bridgehead atoms. The van der Waals surface area contributed by atoms with Crippen molar-refractivity contribution in [2.45, 2.75) is 62.2 Å². The van der Waals surface area contributed by atoms with E-state index in [0.717, 1.165) is 0 Å². The first-order valence-electron chi connectivity index (χ1n) is 8.80. The molecular formula is C16H30N2O14. The van der Waals surface area contributed by atoms with Gasteiger partial charge in [0, 0.05) is 12.8 Å². The van der Waals surface area contributed by atoms with Gasteiger partial charge in [0.05, 0.1) is 6.61 Å². The molecule has 16 heteroatoms. The highest BCUT2D eigenvalue weighted by molar-refractivity contribution is 5.75. The van der Waals surface area contributed by atoms with Crippen LogP contribution in [0, 0.1) is 0 Å². The minimum absolute atomic E-state index is 0.0231. The lowest BCUT2D eigenvalue weighted by Crippen LogP contribution is -2.46. The lowest BCUT2D eigenvalue weighted by molar-refractivity contribution is -0.141. The zero-order valence-electron chi connectivity index (χ0n) is 16.8. The highest BCUT2D eigenvalue weighted by Crippen LogP contribution is 2.03. The van der Waals surface area contributed by atoms with Crippen LogP contribution in [0.4, 0.5) is 0 Å². The molecule has 0 amide bonds. The zero-order chi connectivity index (χ0) is 26.0. The number of nitrogens with two attached hydrogens (primary N) is 2. The molecule has 0 aromatic heterocycles. The monoisotopic (exact) mass is 474 g/mol.